The summed E-state index contributed by atoms with van der Waals surface area (Å²) in [5.41, 5.74) is 0.172. The minimum Gasteiger partial charge on any atom is -0.375 e. The average Bonchev–Trinajstić information content (AvgIpc) is 2.80. The molecular formula is C20H27NO2. The number of hydrogen-bond acceptors (Lipinski definition) is 3. The number of rotatable bonds is 0. The summed E-state index contributed by atoms with van der Waals surface area (Å²) in [5.74, 6) is 1.99. The van der Waals surface area contributed by atoms with Crippen LogP contribution in [-0.2, 0) is 4.79 Å². The highest BCUT2D eigenvalue weighted by Gasteiger charge is 2.64. The predicted molar refractivity (Wildman–Crippen MR) is 87.3 cm³/mol. The maximum Gasteiger partial charge on any atom is 0.156 e. The van der Waals surface area contributed by atoms with E-state index in [4.69, 9.17) is 0 Å². The summed E-state index contributed by atoms with van der Waals surface area (Å²) in [6, 6.07) is 2.25. The Bertz CT molecular complexity index is 632. The first kappa shape index (κ1) is 15.4. The van der Waals surface area contributed by atoms with Gasteiger partial charge in [-0.3, -0.25) is 4.79 Å². The Balaban J connectivity index is 1.70. The van der Waals surface area contributed by atoms with Crippen LogP contribution >= 0.6 is 0 Å². The lowest BCUT2D eigenvalue weighted by Gasteiger charge is -2.58. The molecule has 0 aromatic carbocycles. The van der Waals surface area contributed by atoms with Crippen molar-refractivity contribution in [2.24, 2.45) is 28.6 Å². The van der Waals surface area contributed by atoms with E-state index in [9.17, 15) is 15.2 Å². The van der Waals surface area contributed by atoms with Crippen LogP contribution in [0.25, 0.3) is 0 Å². The van der Waals surface area contributed by atoms with Crippen LogP contribution in [0.3, 0.4) is 0 Å². The maximum absolute atomic E-state index is 11.8. The minimum absolute atomic E-state index is 0.172. The molecule has 0 aromatic heterocycles. The molecule has 0 radical (unpaired) electrons. The van der Waals surface area contributed by atoms with E-state index in [0.29, 0.717) is 36.4 Å². The van der Waals surface area contributed by atoms with E-state index in [0.717, 1.165) is 38.5 Å². The molecule has 0 unspecified atom stereocenters. The number of carbonyl (C=O) groups excluding carboxylic acids is 1. The summed E-state index contributed by atoms with van der Waals surface area (Å²) in [6.45, 7) is 4.53. The Morgan fingerprint density at radius 2 is 1.87 bits per heavy atom. The standard InChI is InChI=1S/C20H27NO2/c1-18-8-5-14(22)11-13(18)3-4-15-16(18)6-9-19(2)17(15)7-10-20(19,23)12-21/h11,15-17,23H,3-10H2,1-2H3/t15-,16-,17+,18+,19+,20-/m1/s1. The molecule has 3 fully saturated rings. The maximum atomic E-state index is 11.8. The van der Waals surface area contributed by atoms with Gasteiger partial charge in [-0.1, -0.05) is 19.4 Å². The summed E-state index contributed by atoms with van der Waals surface area (Å²) in [6.07, 6.45) is 9.42. The quantitative estimate of drug-likeness (QED) is 0.692. The number of nitrogens with zero attached hydrogens (tertiary/aromatic N) is 1. The Kier molecular flexibility index (Phi) is 3.14. The number of carbonyl (C=O) groups is 1. The van der Waals surface area contributed by atoms with Crippen molar-refractivity contribution in [3.05, 3.63) is 11.6 Å². The van der Waals surface area contributed by atoms with Crippen LogP contribution in [-0.4, -0.2) is 16.5 Å². The van der Waals surface area contributed by atoms with Crippen molar-refractivity contribution >= 4 is 5.78 Å². The van der Waals surface area contributed by atoms with Crippen molar-refractivity contribution in [3.63, 3.8) is 0 Å². The fourth-order valence-electron chi connectivity index (χ4n) is 6.76. The zero-order chi connectivity index (χ0) is 16.5. The summed E-state index contributed by atoms with van der Waals surface area (Å²) < 4.78 is 0. The lowest BCUT2D eigenvalue weighted by Crippen LogP contribution is -2.54. The van der Waals surface area contributed by atoms with Gasteiger partial charge in [-0.15, -0.1) is 0 Å². The largest absolute Gasteiger partial charge is 0.375 e. The van der Waals surface area contributed by atoms with E-state index in [1.165, 1.54) is 5.57 Å². The van der Waals surface area contributed by atoms with Gasteiger partial charge >= 0.3 is 0 Å². The van der Waals surface area contributed by atoms with Gasteiger partial charge in [0.2, 0.25) is 0 Å². The van der Waals surface area contributed by atoms with Crippen LogP contribution in [0.4, 0.5) is 0 Å². The van der Waals surface area contributed by atoms with Crippen molar-refractivity contribution in [1.29, 1.82) is 5.26 Å². The minimum atomic E-state index is -1.14. The highest BCUT2D eigenvalue weighted by atomic mass is 16.3. The van der Waals surface area contributed by atoms with Gasteiger partial charge in [0.05, 0.1) is 6.07 Å². The molecule has 0 spiro atoms. The topological polar surface area (TPSA) is 61.1 Å². The molecule has 4 rings (SSSR count). The zero-order valence-electron chi connectivity index (χ0n) is 14.3. The third-order valence-corrected chi connectivity index (χ3v) is 8.30. The molecular weight excluding hydrogens is 286 g/mol. The predicted octanol–water partition coefficient (Wildman–Crippen LogP) is 3.77. The summed E-state index contributed by atoms with van der Waals surface area (Å²) in [4.78, 5) is 11.8. The Morgan fingerprint density at radius 1 is 1.13 bits per heavy atom. The van der Waals surface area contributed by atoms with Crippen LogP contribution in [0, 0.1) is 39.9 Å². The molecule has 4 aliphatic carbocycles. The average molecular weight is 313 g/mol. The highest BCUT2D eigenvalue weighted by Crippen LogP contribution is 2.67. The van der Waals surface area contributed by atoms with Crippen LogP contribution in [0.15, 0.2) is 11.6 Å². The first-order valence-electron chi connectivity index (χ1n) is 9.22. The number of hydrogen-bond donors (Lipinski definition) is 1. The van der Waals surface area contributed by atoms with Gasteiger partial charge in [-0.25, -0.2) is 0 Å². The van der Waals surface area contributed by atoms with Gasteiger partial charge in [0, 0.05) is 11.8 Å². The number of allylic oxidation sites excluding steroid dienone is 1. The molecule has 3 nitrogen and oxygen atoms in total. The normalized spacial score (nSPS) is 52.0. The molecule has 0 heterocycles. The third-order valence-electron chi connectivity index (χ3n) is 8.30. The second-order valence-electron chi connectivity index (χ2n) is 8.94. The van der Waals surface area contributed by atoms with E-state index >= 15 is 0 Å². The molecule has 0 saturated heterocycles. The van der Waals surface area contributed by atoms with Crippen LogP contribution < -0.4 is 0 Å². The molecule has 0 bridgehead atoms. The van der Waals surface area contributed by atoms with Crippen LogP contribution in [0.2, 0.25) is 0 Å². The van der Waals surface area contributed by atoms with E-state index in [1.807, 2.05) is 6.08 Å². The number of fused-ring (bicyclic) bond motifs is 5. The van der Waals surface area contributed by atoms with Gasteiger partial charge in [0.15, 0.2) is 11.4 Å². The van der Waals surface area contributed by atoms with Gasteiger partial charge < -0.3 is 5.11 Å². The second kappa shape index (κ2) is 4.70. The highest BCUT2D eigenvalue weighted by molar-refractivity contribution is 5.91. The fourth-order valence-corrected chi connectivity index (χ4v) is 6.76. The molecule has 3 heteroatoms. The lowest BCUT2D eigenvalue weighted by atomic mass is 9.46. The van der Waals surface area contributed by atoms with E-state index in [1.54, 1.807) is 0 Å². The lowest BCUT2D eigenvalue weighted by molar-refractivity contribution is -0.119. The Labute approximate surface area is 138 Å². The van der Waals surface area contributed by atoms with Crippen molar-refractivity contribution in [3.8, 4) is 6.07 Å². The van der Waals surface area contributed by atoms with Crippen LogP contribution in [0.1, 0.15) is 65.2 Å². The van der Waals surface area contributed by atoms with Crippen LogP contribution in [0.5, 0.6) is 0 Å². The van der Waals surface area contributed by atoms with E-state index in [-0.39, 0.29) is 10.8 Å². The Hall–Kier alpha value is -1.14. The monoisotopic (exact) mass is 313 g/mol. The molecule has 3 saturated carbocycles. The summed E-state index contributed by atoms with van der Waals surface area (Å²) in [5, 5.41) is 20.4. The Morgan fingerprint density at radius 3 is 2.61 bits per heavy atom. The smallest absolute Gasteiger partial charge is 0.156 e. The summed E-state index contributed by atoms with van der Waals surface area (Å²) in [7, 11) is 0. The molecule has 124 valence electrons. The van der Waals surface area contributed by atoms with Gasteiger partial charge in [-0.05, 0) is 74.2 Å². The van der Waals surface area contributed by atoms with Crippen molar-refractivity contribution in [1.82, 2.24) is 0 Å². The van der Waals surface area contributed by atoms with Crippen molar-refractivity contribution in [2.75, 3.05) is 0 Å². The molecule has 1 N–H and O–H groups in total. The number of aliphatic hydroxyl groups is 1. The van der Waals surface area contributed by atoms with Gasteiger partial charge in [-0.2, -0.15) is 5.26 Å². The van der Waals surface area contributed by atoms with Gasteiger partial charge in [0.25, 0.3) is 0 Å². The molecule has 4 aliphatic rings. The number of ketones is 1. The molecule has 23 heavy (non-hydrogen) atoms. The SMILES string of the molecule is C[C@]12CCC(=O)C=C1CC[C@@H]1[C@H]2CC[C@@]2(C)[C@H]1CC[C@@]2(O)C#N. The fraction of sp³-hybridized carbons (Fsp3) is 0.800. The van der Waals surface area contributed by atoms with Crippen molar-refractivity contribution < 1.29 is 9.90 Å². The molecule has 0 aromatic rings. The molecule has 6 atom stereocenters. The third kappa shape index (κ3) is 1.82. The van der Waals surface area contributed by atoms with Gasteiger partial charge in [0.1, 0.15) is 0 Å². The van der Waals surface area contributed by atoms with E-state index < -0.39 is 5.60 Å². The van der Waals surface area contributed by atoms with E-state index in [2.05, 4.69) is 19.9 Å². The zero-order valence-corrected chi connectivity index (χ0v) is 14.3. The molecule has 0 amide bonds. The number of nitriles is 1. The summed E-state index contributed by atoms with van der Waals surface area (Å²) >= 11 is 0. The molecule has 0 aliphatic heterocycles. The first-order chi connectivity index (χ1) is 10.8. The van der Waals surface area contributed by atoms with Crippen molar-refractivity contribution in [2.45, 2.75) is 70.8 Å². The second-order valence-corrected chi connectivity index (χ2v) is 8.94. The first-order valence-corrected chi connectivity index (χ1v) is 9.22.